The summed E-state index contributed by atoms with van der Waals surface area (Å²) >= 11 is 0. The number of aliphatic hydroxyl groups excluding tert-OH is 1. The molecule has 2 heterocycles. The average Bonchev–Trinajstić information content (AvgIpc) is 3.40. The number of aromatic nitrogens is 1. The third-order valence-electron chi connectivity index (χ3n) is 5.59. The summed E-state index contributed by atoms with van der Waals surface area (Å²) in [4.78, 5) is 27.8. The van der Waals surface area contributed by atoms with Crippen molar-refractivity contribution in [3.05, 3.63) is 47.3 Å². The van der Waals surface area contributed by atoms with Crippen molar-refractivity contribution in [2.75, 3.05) is 13.1 Å². The Bertz CT molecular complexity index is 963. The van der Waals surface area contributed by atoms with E-state index in [-0.39, 0.29) is 29.8 Å². The molecule has 0 bridgehead atoms. The molecule has 2 amide bonds. The maximum absolute atomic E-state index is 13.1. The Kier molecular flexibility index (Phi) is 7.79. The van der Waals surface area contributed by atoms with Gasteiger partial charge in [0.1, 0.15) is 29.9 Å². The highest BCUT2D eigenvalue weighted by Crippen LogP contribution is 2.24. The summed E-state index contributed by atoms with van der Waals surface area (Å²) in [5, 5.41) is 16.7. The number of carbonyl (C=O) groups excluding carboxylic acids is 2. The third-order valence-corrected chi connectivity index (χ3v) is 5.59. The number of nitrogens with zero attached hydrogens (tertiary/aromatic N) is 2. The van der Waals surface area contributed by atoms with Gasteiger partial charge in [0.05, 0.1) is 11.7 Å². The van der Waals surface area contributed by atoms with Crippen LogP contribution in [-0.4, -0.2) is 52.2 Å². The fourth-order valence-electron chi connectivity index (χ4n) is 3.76. The first-order valence-corrected chi connectivity index (χ1v) is 11.5. The number of β-amino-alcohol motifs (C(OH)–C–C–N with tert-alkyl or cyclic N) is 1. The van der Waals surface area contributed by atoms with Crippen LogP contribution >= 0.6 is 0 Å². The molecule has 2 unspecified atom stereocenters. The zero-order valence-electron chi connectivity index (χ0n) is 20.1. The van der Waals surface area contributed by atoms with Crippen LogP contribution in [-0.2, 0) is 16.8 Å². The van der Waals surface area contributed by atoms with Gasteiger partial charge in [-0.15, -0.1) is 0 Å². The molecule has 2 aromatic rings. The number of carbonyl (C=O) groups is 2. The van der Waals surface area contributed by atoms with E-state index in [1.807, 2.05) is 40.7 Å². The van der Waals surface area contributed by atoms with Crippen molar-refractivity contribution in [3.8, 4) is 5.75 Å². The summed E-state index contributed by atoms with van der Waals surface area (Å²) < 4.78 is 11.3. The third kappa shape index (κ3) is 6.57. The van der Waals surface area contributed by atoms with E-state index in [2.05, 4.69) is 10.5 Å². The van der Waals surface area contributed by atoms with Gasteiger partial charge in [0, 0.05) is 24.6 Å². The van der Waals surface area contributed by atoms with E-state index in [0.29, 0.717) is 42.9 Å². The Labute approximate surface area is 195 Å². The molecule has 1 saturated heterocycles. The van der Waals surface area contributed by atoms with E-state index in [0.717, 1.165) is 5.76 Å². The minimum atomic E-state index is -0.666. The predicted molar refractivity (Wildman–Crippen MR) is 124 cm³/mol. The van der Waals surface area contributed by atoms with Gasteiger partial charge in [0.2, 0.25) is 5.91 Å². The number of nitrogens with one attached hydrogen (secondary N) is 1. The van der Waals surface area contributed by atoms with Crippen LogP contribution in [0.4, 0.5) is 0 Å². The van der Waals surface area contributed by atoms with E-state index in [4.69, 9.17) is 9.26 Å². The van der Waals surface area contributed by atoms with Gasteiger partial charge in [-0.05, 0) is 30.9 Å². The van der Waals surface area contributed by atoms with Gasteiger partial charge in [0.15, 0.2) is 0 Å². The zero-order valence-corrected chi connectivity index (χ0v) is 20.1. The minimum Gasteiger partial charge on any atom is -0.486 e. The lowest BCUT2D eigenvalue weighted by molar-refractivity contribution is -0.133. The first kappa shape index (κ1) is 24.8. The average molecular weight is 458 g/mol. The second kappa shape index (κ2) is 10.4. The van der Waals surface area contributed by atoms with Crippen molar-refractivity contribution in [3.63, 3.8) is 0 Å². The summed E-state index contributed by atoms with van der Waals surface area (Å²) in [5.41, 5.74) is 0.822. The molecule has 1 aliphatic heterocycles. The van der Waals surface area contributed by atoms with Gasteiger partial charge in [0.25, 0.3) is 5.91 Å². The van der Waals surface area contributed by atoms with Crippen LogP contribution in [0.1, 0.15) is 69.3 Å². The van der Waals surface area contributed by atoms with Crippen LogP contribution in [0.2, 0.25) is 0 Å². The lowest BCUT2D eigenvalue weighted by atomic mass is 9.93. The van der Waals surface area contributed by atoms with Crippen LogP contribution in [0.25, 0.3) is 0 Å². The Balaban J connectivity index is 1.70. The highest BCUT2D eigenvalue weighted by Gasteiger charge is 2.32. The van der Waals surface area contributed by atoms with Crippen LogP contribution in [0, 0.1) is 5.92 Å². The van der Waals surface area contributed by atoms with E-state index >= 15 is 0 Å². The number of benzene rings is 1. The van der Waals surface area contributed by atoms with Gasteiger partial charge in [-0.25, -0.2) is 0 Å². The molecule has 1 aliphatic rings. The number of ether oxygens (including phenoxy) is 1. The molecule has 8 heteroatoms. The summed E-state index contributed by atoms with van der Waals surface area (Å²) in [6, 6.07) is 8.12. The first-order valence-electron chi connectivity index (χ1n) is 11.5. The summed E-state index contributed by atoms with van der Waals surface area (Å²) in [5.74, 6) is 0.837. The number of amides is 2. The number of para-hydroxylation sites is 1. The largest absolute Gasteiger partial charge is 0.486 e. The summed E-state index contributed by atoms with van der Waals surface area (Å²) in [7, 11) is 0. The van der Waals surface area contributed by atoms with Crippen molar-refractivity contribution in [1.82, 2.24) is 15.4 Å². The van der Waals surface area contributed by atoms with Gasteiger partial charge in [-0.1, -0.05) is 51.9 Å². The molecule has 0 saturated carbocycles. The number of aliphatic hydroxyl groups is 1. The molecule has 0 aliphatic carbocycles. The van der Waals surface area contributed by atoms with Crippen molar-refractivity contribution >= 4 is 11.8 Å². The van der Waals surface area contributed by atoms with Gasteiger partial charge in [-0.3, -0.25) is 9.59 Å². The first-order chi connectivity index (χ1) is 15.5. The maximum Gasteiger partial charge on any atom is 0.255 e. The fraction of sp³-hybridized carbons (Fsp3) is 0.560. The highest BCUT2D eigenvalue weighted by molar-refractivity contribution is 5.99. The topological polar surface area (TPSA) is 105 Å². The molecule has 180 valence electrons. The van der Waals surface area contributed by atoms with Crippen LogP contribution < -0.4 is 10.1 Å². The maximum atomic E-state index is 13.1. The lowest BCUT2D eigenvalue weighted by Gasteiger charge is -2.25. The number of likely N-dealkylation sites (tertiary alicyclic amines) is 1. The predicted octanol–water partition coefficient (Wildman–Crippen LogP) is 3.29. The molecular weight excluding hydrogens is 422 g/mol. The molecule has 1 aromatic carbocycles. The van der Waals surface area contributed by atoms with Crippen molar-refractivity contribution in [2.24, 2.45) is 5.92 Å². The highest BCUT2D eigenvalue weighted by atomic mass is 16.5. The molecule has 0 spiro atoms. The number of hydrogen-bond acceptors (Lipinski definition) is 6. The van der Waals surface area contributed by atoms with Gasteiger partial charge >= 0.3 is 0 Å². The van der Waals surface area contributed by atoms with Crippen molar-refractivity contribution < 1.29 is 24.0 Å². The monoisotopic (exact) mass is 457 g/mol. The van der Waals surface area contributed by atoms with Crippen LogP contribution in [0.3, 0.4) is 0 Å². The Morgan fingerprint density at radius 3 is 2.64 bits per heavy atom. The zero-order chi connectivity index (χ0) is 24.2. The van der Waals surface area contributed by atoms with E-state index in [1.165, 1.54) is 0 Å². The SMILES string of the molecule is CC(C)CC(NC(=O)c1ccccc1OCc1cc(C(C)(C)C)on1)C(=O)N1CCC(O)C1. The van der Waals surface area contributed by atoms with Crippen LogP contribution in [0.15, 0.2) is 34.9 Å². The Morgan fingerprint density at radius 1 is 1.30 bits per heavy atom. The van der Waals surface area contributed by atoms with Gasteiger partial charge < -0.3 is 24.6 Å². The normalized spacial score (nSPS) is 17.3. The molecule has 2 atom stereocenters. The quantitative estimate of drug-likeness (QED) is 0.630. The summed E-state index contributed by atoms with van der Waals surface area (Å²) in [6.45, 7) is 11.1. The number of hydrogen-bond donors (Lipinski definition) is 2. The molecular formula is C25H35N3O5. The van der Waals surface area contributed by atoms with E-state index in [9.17, 15) is 14.7 Å². The second-order valence-electron chi connectivity index (χ2n) is 10.1. The molecule has 1 fully saturated rings. The van der Waals surface area contributed by atoms with E-state index in [1.54, 1.807) is 29.2 Å². The molecule has 3 rings (SSSR count). The van der Waals surface area contributed by atoms with Crippen molar-refractivity contribution in [1.29, 1.82) is 0 Å². The van der Waals surface area contributed by atoms with Crippen LogP contribution in [0.5, 0.6) is 5.75 Å². The second-order valence-corrected chi connectivity index (χ2v) is 10.1. The Hall–Kier alpha value is -2.87. The lowest BCUT2D eigenvalue weighted by Crippen LogP contribution is -2.48. The minimum absolute atomic E-state index is 0.157. The molecule has 2 N–H and O–H groups in total. The number of rotatable bonds is 8. The molecule has 8 nitrogen and oxygen atoms in total. The smallest absolute Gasteiger partial charge is 0.255 e. The Morgan fingerprint density at radius 2 is 2.03 bits per heavy atom. The van der Waals surface area contributed by atoms with E-state index < -0.39 is 12.1 Å². The van der Waals surface area contributed by atoms with Gasteiger partial charge in [-0.2, -0.15) is 0 Å². The molecule has 0 radical (unpaired) electrons. The summed E-state index contributed by atoms with van der Waals surface area (Å²) in [6.07, 6.45) is 0.562. The fourth-order valence-corrected chi connectivity index (χ4v) is 3.76. The van der Waals surface area contributed by atoms with Crippen molar-refractivity contribution in [2.45, 2.75) is 71.6 Å². The molecule has 1 aromatic heterocycles. The standard InChI is InChI=1S/C25H35N3O5/c1-16(2)12-20(24(31)28-11-10-18(29)14-28)26-23(30)19-8-6-7-9-21(19)32-15-17-13-22(33-27-17)25(3,4)5/h6-9,13,16,18,20,29H,10-12,14-15H2,1-5H3,(H,26,30). The molecule has 33 heavy (non-hydrogen) atoms.